The third kappa shape index (κ3) is 2.15. The van der Waals surface area contributed by atoms with E-state index in [1.165, 1.54) is 19.2 Å². The van der Waals surface area contributed by atoms with Gasteiger partial charge in [0.15, 0.2) is 0 Å². The number of amides is 1. The molecule has 0 unspecified atom stereocenters. The van der Waals surface area contributed by atoms with Crippen LogP contribution in [0.5, 0.6) is 0 Å². The van der Waals surface area contributed by atoms with Gasteiger partial charge in [0.05, 0.1) is 5.69 Å². The number of anilines is 1. The summed E-state index contributed by atoms with van der Waals surface area (Å²) in [4.78, 5) is 16.1. The van der Waals surface area contributed by atoms with E-state index in [1.54, 1.807) is 0 Å². The van der Waals surface area contributed by atoms with Gasteiger partial charge in [-0.3, -0.25) is 9.88 Å². The molecule has 0 saturated carbocycles. The normalized spacial score (nSPS) is 17.4. The molecule has 0 bridgehead atoms. The van der Waals surface area contributed by atoms with E-state index < -0.39 is 17.4 Å². The Morgan fingerprint density at radius 1 is 1.58 bits per heavy atom. The number of aromatic nitrogens is 1. The highest BCUT2D eigenvalue weighted by atomic mass is 19.3. The van der Waals surface area contributed by atoms with Gasteiger partial charge < -0.3 is 5.11 Å². The number of fused-ring (bicyclic) bond motifs is 1. The van der Waals surface area contributed by atoms with Crippen LogP contribution in [0.4, 0.5) is 19.3 Å². The Balaban J connectivity index is 2.55. The van der Waals surface area contributed by atoms with E-state index in [-0.39, 0.29) is 18.7 Å². The second-order valence-corrected chi connectivity index (χ2v) is 5.40. The summed E-state index contributed by atoms with van der Waals surface area (Å²) < 4.78 is 27.3. The molecule has 2 heterocycles. The van der Waals surface area contributed by atoms with Crippen molar-refractivity contribution in [3.63, 3.8) is 0 Å². The van der Waals surface area contributed by atoms with Crippen molar-refractivity contribution < 1.29 is 18.7 Å². The number of rotatable bonds is 2. The van der Waals surface area contributed by atoms with Crippen LogP contribution in [0.15, 0.2) is 12.3 Å². The molecule has 0 radical (unpaired) electrons. The van der Waals surface area contributed by atoms with Crippen molar-refractivity contribution in [1.82, 2.24) is 4.98 Å². The number of hydrogen-bond donors (Lipinski definition) is 1. The molecular weight excluding hydrogens is 254 g/mol. The average Bonchev–Trinajstić information content (AvgIpc) is 2.61. The lowest BCUT2D eigenvalue weighted by molar-refractivity contribution is -0.0127. The summed E-state index contributed by atoms with van der Waals surface area (Å²) in [7, 11) is 0. The minimum Gasteiger partial charge on any atom is -0.465 e. The fraction of sp³-hybridized carbons (Fsp3) is 0.538. The van der Waals surface area contributed by atoms with Crippen molar-refractivity contribution >= 4 is 11.8 Å². The van der Waals surface area contributed by atoms with Gasteiger partial charge in [-0.15, -0.1) is 0 Å². The largest absolute Gasteiger partial charge is 0.465 e. The third-order valence-electron chi connectivity index (χ3n) is 3.51. The summed E-state index contributed by atoms with van der Waals surface area (Å²) in [6.45, 7) is 5.36. The van der Waals surface area contributed by atoms with E-state index in [0.29, 0.717) is 11.3 Å². The van der Waals surface area contributed by atoms with Gasteiger partial charge in [-0.05, 0) is 6.07 Å². The highest BCUT2D eigenvalue weighted by molar-refractivity contribution is 5.90. The monoisotopic (exact) mass is 270 g/mol. The molecule has 1 aliphatic heterocycles. The van der Waals surface area contributed by atoms with Crippen LogP contribution >= 0.6 is 0 Å². The Bertz CT molecular complexity index is 529. The van der Waals surface area contributed by atoms with Crippen LogP contribution in [0.2, 0.25) is 0 Å². The molecule has 0 aliphatic carbocycles. The van der Waals surface area contributed by atoms with Gasteiger partial charge in [0.25, 0.3) is 5.92 Å². The second kappa shape index (κ2) is 4.15. The van der Waals surface area contributed by atoms with Crippen LogP contribution in [0.3, 0.4) is 0 Å². The molecule has 0 saturated heterocycles. The molecule has 0 fully saturated rings. The lowest BCUT2D eigenvalue weighted by Crippen LogP contribution is -2.32. The van der Waals surface area contributed by atoms with E-state index in [9.17, 15) is 13.6 Å². The molecule has 1 aromatic heterocycles. The highest BCUT2D eigenvalue weighted by Crippen LogP contribution is 2.42. The van der Waals surface area contributed by atoms with Gasteiger partial charge in [-0.2, -0.15) is 8.78 Å². The highest BCUT2D eigenvalue weighted by Gasteiger charge is 2.41. The van der Waals surface area contributed by atoms with Crippen molar-refractivity contribution in [2.24, 2.45) is 0 Å². The van der Waals surface area contributed by atoms with Crippen molar-refractivity contribution in [2.75, 3.05) is 11.4 Å². The Labute approximate surface area is 110 Å². The maximum atomic E-state index is 13.6. The summed E-state index contributed by atoms with van der Waals surface area (Å²) in [5.41, 5.74) is 0.208. The average molecular weight is 270 g/mol. The first kappa shape index (κ1) is 13.7. The molecule has 1 aromatic rings. The quantitative estimate of drug-likeness (QED) is 0.896. The Morgan fingerprint density at radius 2 is 2.21 bits per heavy atom. The van der Waals surface area contributed by atoms with Gasteiger partial charge in [-0.1, -0.05) is 20.8 Å². The Morgan fingerprint density at radius 3 is 2.74 bits per heavy atom. The van der Waals surface area contributed by atoms with Crippen molar-refractivity contribution in [3.8, 4) is 0 Å². The van der Waals surface area contributed by atoms with Crippen molar-refractivity contribution in [1.29, 1.82) is 0 Å². The first-order chi connectivity index (χ1) is 8.69. The maximum Gasteiger partial charge on any atom is 0.411 e. The minimum absolute atomic E-state index is 0.250. The van der Waals surface area contributed by atoms with Crippen LogP contribution < -0.4 is 4.90 Å². The Hall–Kier alpha value is -1.72. The van der Waals surface area contributed by atoms with E-state index in [2.05, 4.69) is 4.98 Å². The number of pyridine rings is 1. The molecule has 4 nitrogen and oxygen atoms in total. The summed E-state index contributed by atoms with van der Waals surface area (Å²) in [6, 6.07) is 1.20. The molecule has 1 aliphatic rings. The van der Waals surface area contributed by atoms with Gasteiger partial charge in [0.2, 0.25) is 0 Å². The number of hydrogen-bond acceptors (Lipinski definition) is 2. The molecule has 104 valence electrons. The minimum atomic E-state index is -3.04. The number of halogens is 2. The summed E-state index contributed by atoms with van der Waals surface area (Å²) in [5, 5.41) is 9.16. The van der Waals surface area contributed by atoms with E-state index in [1.807, 2.05) is 13.8 Å². The predicted molar refractivity (Wildman–Crippen MR) is 66.8 cm³/mol. The van der Waals surface area contributed by atoms with E-state index in [4.69, 9.17) is 5.11 Å². The smallest absolute Gasteiger partial charge is 0.411 e. The molecule has 0 atom stereocenters. The number of carboxylic acid groups (broad SMARTS) is 1. The van der Waals surface area contributed by atoms with Crippen LogP contribution in [-0.4, -0.2) is 22.7 Å². The molecule has 0 aromatic carbocycles. The SMILES string of the molecule is CCC(F)(F)c1cc2c(cn1)C(C)(C)CN2C(=O)O. The summed E-state index contributed by atoms with van der Waals surface area (Å²) in [6.07, 6.45) is -0.129. The molecular formula is C13H16F2N2O2. The van der Waals surface area contributed by atoms with E-state index >= 15 is 0 Å². The maximum absolute atomic E-state index is 13.6. The van der Waals surface area contributed by atoms with E-state index in [0.717, 1.165) is 4.90 Å². The molecule has 19 heavy (non-hydrogen) atoms. The lowest BCUT2D eigenvalue weighted by atomic mass is 9.88. The standard InChI is InChI=1S/C13H16F2N2O2/c1-4-13(14,15)10-5-9-8(6-16-10)12(2,3)7-17(9)11(18)19/h5-6H,4,7H2,1-3H3,(H,18,19). The number of alkyl halides is 2. The molecule has 6 heteroatoms. The topological polar surface area (TPSA) is 53.4 Å². The second-order valence-electron chi connectivity index (χ2n) is 5.40. The number of carbonyl (C=O) groups is 1. The lowest BCUT2D eigenvalue weighted by Gasteiger charge is -2.18. The zero-order valence-corrected chi connectivity index (χ0v) is 11.1. The third-order valence-corrected chi connectivity index (χ3v) is 3.51. The van der Waals surface area contributed by atoms with Crippen molar-refractivity contribution in [3.05, 3.63) is 23.5 Å². The van der Waals surface area contributed by atoms with Crippen LogP contribution in [0.1, 0.15) is 38.4 Å². The van der Waals surface area contributed by atoms with Crippen LogP contribution in [0, 0.1) is 0 Å². The van der Waals surface area contributed by atoms with Crippen molar-refractivity contribution in [2.45, 2.75) is 38.5 Å². The van der Waals surface area contributed by atoms with Crippen LogP contribution in [-0.2, 0) is 11.3 Å². The number of nitrogens with zero attached hydrogens (tertiary/aromatic N) is 2. The summed E-state index contributed by atoms with van der Waals surface area (Å²) in [5.74, 6) is -3.04. The van der Waals surface area contributed by atoms with Gasteiger partial charge >= 0.3 is 6.09 Å². The Kier molecular flexibility index (Phi) is 2.99. The summed E-state index contributed by atoms with van der Waals surface area (Å²) >= 11 is 0. The molecule has 1 N–H and O–H groups in total. The molecule has 1 amide bonds. The zero-order chi connectivity index (χ0) is 14.4. The fourth-order valence-electron chi connectivity index (χ4n) is 2.31. The van der Waals surface area contributed by atoms with Gasteiger partial charge in [-0.25, -0.2) is 4.79 Å². The fourth-order valence-corrected chi connectivity index (χ4v) is 2.31. The van der Waals surface area contributed by atoms with Crippen LogP contribution in [0.25, 0.3) is 0 Å². The first-order valence-electron chi connectivity index (χ1n) is 6.08. The predicted octanol–water partition coefficient (Wildman–Crippen LogP) is 3.36. The molecule has 0 spiro atoms. The zero-order valence-electron chi connectivity index (χ0n) is 11.1. The first-order valence-corrected chi connectivity index (χ1v) is 6.08. The van der Waals surface area contributed by atoms with Gasteiger partial charge in [0.1, 0.15) is 5.69 Å². The molecule has 2 rings (SSSR count). The van der Waals surface area contributed by atoms with Gasteiger partial charge in [0, 0.05) is 30.1 Å².